The lowest BCUT2D eigenvalue weighted by Gasteiger charge is -2.26. The van der Waals surface area contributed by atoms with E-state index in [1.807, 2.05) is 0 Å². The molecule has 6 nitrogen and oxygen atoms in total. The van der Waals surface area contributed by atoms with E-state index in [4.69, 9.17) is 0 Å². The van der Waals surface area contributed by atoms with Crippen LogP contribution in [-0.2, 0) is 22.9 Å². The lowest BCUT2D eigenvalue weighted by atomic mass is 10.1. The van der Waals surface area contributed by atoms with Crippen molar-refractivity contribution in [3.8, 4) is 0 Å². The van der Waals surface area contributed by atoms with Crippen LogP contribution < -0.4 is 10.6 Å². The van der Waals surface area contributed by atoms with Crippen molar-refractivity contribution >= 4 is 39.8 Å². The molecule has 0 aromatic heterocycles. The number of rotatable bonds is 7. The highest BCUT2D eigenvalue weighted by atomic mass is 127. The van der Waals surface area contributed by atoms with E-state index in [2.05, 4.69) is 44.8 Å². The van der Waals surface area contributed by atoms with Crippen LogP contribution in [0.1, 0.15) is 51.2 Å². The van der Waals surface area contributed by atoms with Crippen LogP contribution in [0.15, 0.2) is 29.3 Å². The highest BCUT2D eigenvalue weighted by Crippen LogP contribution is 2.15. The van der Waals surface area contributed by atoms with Crippen molar-refractivity contribution in [3.05, 3.63) is 35.4 Å². The Morgan fingerprint density at radius 2 is 1.62 bits per heavy atom. The van der Waals surface area contributed by atoms with Gasteiger partial charge in [-0.1, -0.05) is 30.7 Å². The molecule has 0 radical (unpaired) electrons. The molecule has 0 amide bonds. The summed E-state index contributed by atoms with van der Waals surface area (Å²) in [5.74, 6) is 0.698. The first kappa shape index (κ1) is 26.2. The summed E-state index contributed by atoms with van der Waals surface area (Å²) in [6, 6.07) is 8.67. The summed E-state index contributed by atoms with van der Waals surface area (Å²) in [5.41, 5.74) is 2.52. The Hall–Kier alpha value is -0.870. The Labute approximate surface area is 193 Å². The van der Waals surface area contributed by atoms with Crippen molar-refractivity contribution < 1.29 is 8.42 Å². The molecule has 0 saturated carbocycles. The van der Waals surface area contributed by atoms with Gasteiger partial charge in [0.1, 0.15) is 0 Å². The number of nitrogens with zero attached hydrogens (tertiary/aromatic N) is 2. The van der Waals surface area contributed by atoms with E-state index in [0.717, 1.165) is 6.54 Å². The van der Waals surface area contributed by atoms with Gasteiger partial charge in [0.15, 0.2) is 15.8 Å². The van der Waals surface area contributed by atoms with Crippen molar-refractivity contribution in [1.29, 1.82) is 0 Å². The molecule has 1 heterocycles. The molecule has 2 rings (SSSR count). The van der Waals surface area contributed by atoms with Crippen molar-refractivity contribution in [2.45, 2.75) is 57.9 Å². The van der Waals surface area contributed by atoms with Crippen LogP contribution in [0.5, 0.6) is 0 Å². The van der Waals surface area contributed by atoms with Crippen molar-refractivity contribution in [3.63, 3.8) is 0 Å². The Kier molecular flexibility index (Phi) is 10.9. The number of benzene rings is 1. The fourth-order valence-corrected chi connectivity index (χ4v) is 4.14. The van der Waals surface area contributed by atoms with Gasteiger partial charge < -0.3 is 10.6 Å². The van der Waals surface area contributed by atoms with E-state index in [1.165, 1.54) is 43.5 Å². The zero-order valence-electron chi connectivity index (χ0n) is 18.2. The van der Waals surface area contributed by atoms with E-state index < -0.39 is 14.6 Å². The largest absolute Gasteiger partial charge is 0.355 e. The zero-order chi connectivity index (χ0) is 20.6. The summed E-state index contributed by atoms with van der Waals surface area (Å²) < 4.78 is 23.6. The van der Waals surface area contributed by atoms with Crippen LogP contribution in [0.3, 0.4) is 0 Å². The summed E-state index contributed by atoms with van der Waals surface area (Å²) in [6.07, 6.45) is 3.98. The molecule has 1 saturated heterocycles. The number of piperidine rings is 1. The molecular weight excluding hydrogens is 499 g/mol. The average molecular weight is 537 g/mol. The molecule has 0 bridgehead atoms. The van der Waals surface area contributed by atoms with Crippen LogP contribution in [-0.4, -0.2) is 56.5 Å². The van der Waals surface area contributed by atoms with Gasteiger partial charge in [0, 0.05) is 26.7 Å². The number of halogens is 1. The molecule has 29 heavy (non-hydrogen) atoms. The molecule has 8 heteroatoms. The molecule has 1 aromatic carbocycles. The highest BCUT2D eigenvalue weighted by Gasteiger charge is 2.28. The first-order valence-electron chi connectivity index (χ1n) is 10.2. The number of nitrogens with one attached hydrogen (secondary N) is 2. The Balaban J connectivity index is 0.00000420. The third-order valence-electron chi connectivity index (χ3n) is 5.16. The Morgan fingerprint density at radius 3 is 2.17 bits per heavy atom. The second-order valence-corrected chi connectivity index (χ2v) is 11.3. The second kappa shape index (κ2) is 12.1. The van der Waals surface area contributed by atoms with E-state index in [9.17, 15) is 8.42 Å². The van der Waals surface area contributed by atoms with Crippen molar-refractivity contribution in [2.24, 2.45) is 4.99 Å². The molecular formula is C21H37IN4O2S. The highest BCUT2D eigenvalue weighted by molar-refractivity contribution is 14.0. The van der Waals surface area contributed by atoms with Gasteiger partial charge in [-0.3, -0.25) is 9.89 Å². The molecule has 0 spiro atoms. The summed E-state index contributed by atoms with van der Waals surface area (Å²) >= 11 is 0. The fourth-order valence-electron chi connectivity index (χ4n) is 3.15. The number of hydrogen-bond acceptors (Lipinski definition) is 4. The predicted molar refractivity (Wildman–Crippen MR) is 133 cm³/mol. The summed E-state index contributed by atoms with van der Waals surface area (Å²) in [5, 5.41) is 6.33. The average Bonchev–Trinajstić information content (AvgIpc) is 2.65. The number of sulfone groups is 1. The quantitative estimate of drug-likeness (QED) is 0.318. The minimum Gasteiger partial charge on any atom is -0.355 e. The van der Waals surface area contributed by atoms with E-state index >= 15 is 0 Å². The minimum absolute atomic E-state index is 0. The molecule has 1 fully saturated rings. The summed E-state index contributed by atoms with van der Waals surface area (Å²) in [6.45, 7) is 9.61. The summed E-state index contributed by atoms with van der Waals surface area (Å²) in [7, 11) is -1.45. The summed E-state index contributed by atoms with van der Waals surface area (Å²) in [4.78, 5) is 6.69. The van der Waals surface area contributed by atoms with E-state index in [0.29, 0.717) is 19.0 Å². The van der Waals surface area contributed by atoms with Gasteiger partial charge in [0.05, 0.1) is 10.5 Å². The third-order valence-corrected chi connectivity index (χ3v) is 7.77. The van der Waals surface area contributed by atoms with E-state index in [-0.39, 0.29) is 29.7 Å². The van der Waals surface area contributed by atoms with E-state index in [1.54, 1.807) is 27.8 Å². The topological polar surface area (TPSA) is 73.8 Å². The molecule has 166 valence electrons. The first-order valence-corrected chi connectivity index (χ1v) is 11.8. The Bertz CT molecular complexity index is 737. The van der Waals surface area contributed by atoms with Gasteiger partial charge in [0.25, 0.3) is 0 Å². The molecule has 1 aliphatic rings. The standard InChI is InChI=1S/C21H36N4O2S.HI/c1-21(2,3)28(26,27)15-12-23-20(22-4)24-16-18-8-10-19(11-9-18)17-25-13-6-5-7-14-25;/h8-11H,5-7,12-17H2,1-4H3,(H2,22,23,24);1H. The third kappa shape index (κ3) is 8.80. The fraction of sp³-hybridized carbons (Fsp3) is 0.667. The molecule has 0 aliphatic carbocycles. The smallest absolute Gasteiger partial charge is 0.191 e. The SMILES string of the molecule is CN=C(NCCS(=O)(=O)C(C)(C)C)NCc1ccc(CN2CCCCC2)cc1.I. The lowest BCUT2D eigenvalue weighted by molar-refractivity contribution is 0.221. The number of guanidine groups is 1. The maximum absolute atomic E-state index is 12.2. The van der Waals surface area contributed by atoms with Crippen LogP contribution in [0, 0.1) is 0 Å². The minimum atomic E-state index is -3.14. The van der Waals surface area contributed by atoms with Gasteiger partial charge in [-0.2, -0.15) is 0 Å². The second-order valence-electron chi connectivity index (χ2n) is 8.44. The van der Waals surface area contributed by atoms with Crippen molar-refractivity contribution in [2.75, 3.05) is 32.4 Å². The van der Waals surface area contributed by atoms with Gasteiger partial charge >= 0.3 is 0 Å². The van der Waals surface area contributed by atoms with Crippen LogP contribution >= 0.6 is 24.0 Å². The molecule has 1 aliphatic heterocycles. The van der Waals surface area contributed by atoms with Gasteiger partial charge in [0.2, 0.25) is 0 Å². The molecule has 1 aromatic rings. The number of likely N-dealkylation sites (tertiary alicyclic amines) is 1. The van der Waals surface area contributed by atoms with Crippen LogP contribution in [0.25, 0.3) is 0 Å². The maximum Gasteiger partial charge on any atom is 0.191 e. The number of aliphatic imine (C=N–C) groups is 1. The first-order chi connectivity index (χ1) is 13.2. The molecule has 2 N–H and O–H groups in total. The van der Waals surface area contributed by atoms with Gasteiger partial charge in [-0.15, -0.1) is 24.0 Å². The molecule has 0 atom stereocenters. The number of hydrogen-bond donors (Lipinski definition) is 2. The Morgan fingerprint density at radius 1 is 1.03 bits per heavy atom. The van der Waals surface area contributed by atoms with Gasteiger partial charge in [-0.25, -0.2) is 8.42 Å². The van der Waals surface area contributed by atoms with Crippen LogP contribution in [0.2, 0.25) is 0 Å². The monoisotopic (exact) mass is 536 g/mol. The van der Waals surface area contributed by atoms with Crippen molar-refractivity contribution in [1.82, 2.24) is 15.5 Å². The van der Waals surface area contributed by atoms with Crippen LogP contribution in [0.4, 0.5) is 0 Å². The van der Waals surface area contributed by atoms with Gasteiger partial charge in [-0.05, 0) is 57.8 Å². The maximum atomic E-state index is 12.2. The normalized spacial score (nSPS) is 16.2. The zero-order valence-corrected chi connectivity index (χ0v) is 21.3. The molecule has 0 unspecified atom stereocenters. The lowest BCUT2D eigenvalue weighted by Crippen LogP contribution is -2.41. The predicted octanol–water partition coefficient (Wildman–Crippen LogP) is 3.17.